The number of aliphatic hydroxyl groups is 1. The third kappa shape index (κ3) is 7.13. The van der Waals surface area contributed by atoms with Crippen molar-refractivity contribution < 1.29 is 14.6 Å². The molecule has 0 fully saturated rings. The summed E-state index contributed by atoms with van der Waals surface area (Å²) in [7, 11) is 0. The SMILES string of the molecule is CCOc1ccc(N(CCCCO)C(=S)NC(=O)/C=C/c2ccccc2)cc1. The molecule has 28 heavy (non-hydrogen) atoms. The largest absolute Gasteiger partial charge is 0.494 e. The van der Waals surface area contributed by atoms with E-state index in [-0.39, 0.29) is 12.5 Å². The lowest BCUT2D eigenvalue weighted by Gasteiger charge is -2.25. The van der Waals surface area contributed by atoms with Crippen LogP contribution in [-0.2, 0) is 4.79 Å². The Labute approximate surface area is 171 Å². The number of unbranched alkanes of at least 4 members (excludes halogenated alkanes) is 1. The van der Waals surface area contributed by atoms with Gasteiger partial charge in [-0.3, -0.25) is 10.1 Å². The number of ether oxygens (including phenoxy) is 1. The zero-order chi connectivity index (χ0) is 20.2. The lowest BCUT2D eigenvalue weighted by atomic mass is 10.2. The van der Waals surface area contributed by atoms with E-state index in [1.807, 2.05) is 66.4 Å². The van der Waals surface area contributed by atoms with E-state index in [1.165, 1.54) is 6.08 Å². The Hall–Kier alpha value is -2.70. The average Bonchev–Trinajstić information content (AvgIpc) is 2.71. The van der Waals surface area contributed by atoms with E-state index in [1.54, 1.807) is 6.08 Å². The van der Waals surface area contributed by atoms with Gasteiger partial charge in [-0.1, -0.05) is 30.3 Å². The first-order valence-electron chi connectivity index (χ1n) is 9.33. The van der Waals surface area contributed by atoms with Crippen LogP contribution in [0.1, 0.15) is 25.3 Å². The zero-order valence-corrected chi connectivity index (χ0v) is 16.8. The number of anilines is 1. The summed E-state index contributed by atoms with van der Waals surface area (Å²) in [6.07, 6.45) is 4.62. The number of thiocarbonyl (C=S) groups is 1. The van der Waals surface area contributed by atoms with Crippen LogP contribution in [0.5, 0.6) is 5.75 Å². The van der Waals surface area contributed by atoms with Gasteiger partial charge < -0.3 is 14.7 Å². The molecule has 0 heterocycles. The zero-order valence-electron chi connectivity index (χ0n) is 16.0. The second-order valence-corrected chi connectivity index (χ2v) is 6.43. The molecule has 2 aromatic rings. The van der Waals surface area contributed by atoms with Crippen LogP contribution in [-0.4, -0.2) is 35.9 Å². The van der Waals surface area contributed by atoms with Gasteiger partial charge in [-0.25, -0.2) is 0 Å². The van der Waals surface area contributed by atoms with E-state index >= 15 is 0 Å². The summed E-state index contributed by atoms with van der Waals surface area (Å²) in [4.78, 5) is 14.1. The number of hydrogen-bond acceptors (Lipinski definition) is 4. The molecular formula is C22H26N2O3S. The molecule has 0 aliphatic heterocycles. The molecule has 0 radical (unpaired) electrons. The van der Waals surface area contributed by atoms with Crippen molar-refractivity contribution >= 4 is 35.0 Å². The van der Waals surface area contributed by atoms with Gasteiger partial charge in [-0.2, -0.15) is 0 Å². The smallest absolute Gasteiger partial charge is 0.250 e. The molecule has 0 saturated carbocycles. The van der Waals surface area contributed by atoms with Crippen molar-refractivity contribution in [3.63, 3.8) is 0 Å². The lowest BCUT2D eigenvalue weighted by Crippen LogP contribution is -2.42. The monoisotopic (exact) mass is 398 g/mol. The molecule has 0 aliphatic rings. The molecular weight excluding hydrogens is 372 g/mol. The predicted octanol–water partition coefficient (Wildman–Crippen LogP) is 3.78. The van der Waals surface area contributed by atoms with Gasteiger partial charge in [0.15, 0.2) is 5.11 Å². The minimum absolute atomic E-state index is 0.121. The van der Waals surface area contributed by atoms with Gasteiger partial charge >= 0.3 is 0 Å². The fraction of sp³-hybridized carbons (Fsp3) is 0.273. The molecule has 0 spiro atoms. The number of carbonyl (C=O) groups excluding carboxylic acids is 1. The molecule has 148 valence electrons. The maximum atomic E-state index is 12.3. The standard InChI is InChI=1S/C22H26N2O3S/c1-2-27-20-13-11-19(12-14-20)24(16-6-7-17-25)22(28)23-21(26)15-10-18-8-4-3-5-9-18/h3-5,8-15,25H,2,6-7,16-17H2,1H3,(H,23,26,28)/b15-10+. The molecule has 1 amide bonds. The van der Waals surface area contributed by atoms with E-state index in [2.05, 4.69) is 5.32 Å². The van der Waals surface area contributed by atoms with Crippen molar-refractivity contribution in [1.29, 1.82) is 0 Å². The maximum Gasteiger partial charge on any atom is 0.250 e. The number of hydrogen-bond donors (Lipinski definition) is 2. The topological polar surface area (TPSA) is 61.8 Å². The summed E-state index contributed by atoms with van der Waals surface area (Å²) in [6, 6.07) is 17.1. The summed E-state index contributed by atoms with van der Waals surface area (Å²) in [6.45, 7) is 3.25. The Balaban J connectivity index is 2.05. The fourth-order valence-electron chi connectivity index (χ4n) is 2.57. The van der Waals surface area contributed by atoms with Crippen LogP contribution in [0.25, 0.3) is 6.08 Å². The van der Waals surface area contributed by atoms with Gasteiger partial charge in [0.2, 0.25) is 5.91 Å². The summed E-state index contributed by atoms with van der Waals surface area (Å²) in [5.74, 6) is 0.495. The highest BCUT2D eigenvalue weighted by molar-refractivity contribution is 7.80. The van der Waals surface area contributed by atoms with E-state index < -0.39 is 0 Å². The van der Waals surface area contributed by atoms with Gasteiger partial charge in [0.05, 0.1) is 6.61 Å². The van der Waals surface area contributed by atoms with Crippen LogP contribution in [0, 0.1) is 0 Å². The highest BCUT2D eigenvalue weighted by Gasteiger charge is 2.14. The predicted molar refractivity (Wildman–Crippen MR) is 117 cm³/mol. The van der Waals surface area contributed by atoms with Crippen molar-refractivity contribution in [2.75, 3.05) is 24.7 Å². The number of rotatable bonds is 9. The van der Waals surface area contributed by atoms with E-state index in [0.29, 0.717) is 24.7 Å². The minimum atomic E-state index is -0.285. The first kappa shape index (κ1) is 21.6. The van der Waals surface area contributed by atoms with Crippen molar-refractivity contribution in [1.82, 2.24) is 5.32 Å². The third-order valence-electron chi connectivity index (χ3n) is 3.95. The highest BCUT2D eigenvalue weighted by atomic mass is 32.1. The molecule has 0 saturated heterocycles. The molecule has 2 aromatic carbocycles. The Kier molecular flexibility index (Phi) is 9.18. The van der Waals surface area contributed by atoms with Crippen molar-refractivity contribution in [3.05, 3.63) is 66.2 Å². The van der Waals surface area contributed by atoms with Crippen LogP contribution in [0.2, 0.25) is 0 Å². The van der Waals surface area contributed by atoms with E-state index in [0.717, 1.165) is 23.4 Å². The molecule has 2 N–H and O–H groups in total. The normalized spacial score (nSPS) is 10.6. The molecule has 0 atom stereocenters. The van der Waals surface area contributed by atoms with Crippen LogP contribution < -0.4 is 15.0 Å². The number of aliphatic hydroxyl groups excluding tert-OH is 1. The van der Waals surface area contributed by atoms with Crippen molar-refractivity contribution in [2.45, 2.75) is 19.8 Å². The lowest BCUT2D eigenvalue weighted by molar-refractivity contribution is -0.115. The Morgan fingerprint density at radius 2 is 1.86 bits per heavy atom. The highest BCUT2D eigenvalue weighted by Crippen LogP contribution is 2.20. The fourth-order valence-corrected chi connectivity index (χ4v) is 2.87. The molecule has 0 bridgehead atoms. The van der Waals surface area contributed by atoms with Crippen LogP contribution in [0.3, 0.4) is 0 Å². The van der Waals surface area contributed by atoms with Crippen LogP contribution in [0.15, 0.2) is 60.7 Å². The van der Waals surface area contributed by atoms with Crippen molar-refractivity contribution in [3.8, 4) is 5.75 Å². The van der Waals surface area contributed by atoms with E-state index in [4.69, 9.17) is 22.1 Å². The number of benzene rings is 2. The summed E-state index contributed by atoms with van der Waals surface area (Å²) < 4.78 is 5.47. The summed E-state index contributed by atoms with van der Waals surface area (Å²) in [5.41, 5.74) is 1.80. The van der Waals surface area contributed by atoms with Gasteiger partial charge in [0.1, 0.15) is 5.75 Å². The van der Waals surface area contributed by atoms with Gasteiger partial charge in [-0.15, -0.1) is 0 Å². The van der Waals surface area contributed by atoms with Crippen LogP contribution >= 0.6 is 12.2 Å². The first-order chi connectivity index (χ1) is 13.6. The molecule has 0 aromatic heterocycles. The van der Waals surface area contributed by atoms with Crippen LogP contribution in [0.4, 0.5) is 5.69 Å². The summed E-state index contributed by atoms with van der Waals surface area (Å²) in [5, 5.41) is 12.1. The third-order valence-corrected chi connectivity index (χ3v) is 4.27. The Morgan fingerprint density at radius 3 is 2.50 bits per heavy atom. The number of nitrogens with one attached hydrogen (secondary N) is 1. The Bertz CT molecular complexity index is 776. The number of nitrogens with zero attached hydrogens (tertiary/aromatic N) is 1. The second-order valence-electron chi connectivity index (χ2n) is 6.05. The van der Waals surface area contributed by atoms with Gasteiger partial charge in [0.25, 0.3) is 0 Å². The Morgan fingerprint density at radius 1 is 1.14 bits per heavy atom. The molecule has 0 unspecified atom stereocenters. The van der Waals surface area contributed by atoms with E-state index in [9.17, 15) is 4.79 Å². The first-order valence-corrected chi connectivity index (χ1v) is 9.74. The second kappa shape index (κ2) is 11.9. The van der Waals surface area contributed by atoms with Gasteiger partial charge in [-0.05, 0) is 67.9 Å². The quantitative estimate of drug-likeness (QED) is 0.382. The summed E-state index contributed by atoms with van der Waals surface area (Å²) >= 11 is 5.46. The molecule has 0 aliphatic carbocycles. The number of carbonyl (C=O) groups is 1. The average molecular weight is 399 g/mol. The number of amides is 1. The maximum absolute atomic E-state index is 12.3. The molecule has 6 heteroatoms. The molecule has 5 nitrogen and oxygen atoms in total. The molecule has 2 rings (SSSR count). The minimum Gasteiger partial charge on any atom is -0.494 e. The van der Waals surface area contributed by atoms with Crippen molar-refractivity contribution in [2.24, 2.45) is 0 Å². The van der Waals surface area contributed by atoms with Gasteiger partial charge in [0, 0.05) is 24.9 Å².